The van der Waals surface area contributed by atoms with Crippen molar-refractivity contribution in [3.63, 3.8) is 0 Å². The lowest BCUT2D eigenvalue weighted by molar-refractivity contribution is -0.136. The number of carbonyl (C=O) groups excluding carboxylic acids is 2. The zero-order valence-electron chi connectivity index (χ0n) is 11.4. The molecule has 1 heterocycles. The van der Waals surface area contributed by atoms with E-state index in [9.17, 15) is 9.59 Å². The first-order chi connectivity index (χ1) is 9.60. The number of piperidine rings is 1. The third kappa shape index (κ3) is 3.35. The zero-order valence-corrected chi connectivity index (χ0v) is 11.4. The molecule has 0 aromatic heterocycles. The van der Waals surface area contributed by atoms with E-state index in [2.05, 4.69) is 0 Å². The number of ether oxygens (including phenoxy) is 1. The van der Waals surface area contributed by atoms with Crippen molar-refractivity contribution in [1.82, 2.24) is 4.90 Å². The van der Waals surface area contributed by atoms with Crippen LogP contribution < -0.4 is 4.74 Å². The summed E-state index contributed by atoms with van der Waals surface area (Å²) in [6.45, 7) is 2.74. The Balaban J connectivity index is 1.93. The van der Waals surface area contributed by atoms with Gasteiger partial charge >= 0.3 is 0 Å². The van der Waals surface area contributed by atoms with Gasteiger partial charge in [-0.05, 0) is 24.6 Å². The van der Waals surface area contributed by atoms with Crippen LogP contribution in [0.3, 0.4) is 0 Å². The molecule has 0 aliphatic carbocycles. The Kier molecular flexibility index (Phi) is 4.36. The molecule has 0 atom stereocenters. The highest BCUT2D eigenvalue weighted by Crippen LogP contribution is 2.19. The van der Waals surface area contributed by atoms with Crippen molar-refractivity contribution in [1.29, 1.82) is 5.26 Å². The van der Waals surface area contributed by atoms with Crippen LogP contribution in [0.25, 0.3) is 0 Å². The molecule has 5 nitrogen and oxygen atoms in total. The maximum atomic E-state index is 12.0. The summed E-state index contributed by atoms with van der Waals surface area (Å²) in [4.78, 5) is 24.7. The largest absolute Gasteiger partial charge is 0.483 e. The minimum Gasteiger partial charge on any atom is -0.483 e. The number of amides is 1. The van der Waals surface area contributed by atoms with Gasteiger partial charge in [-0.25, -0.2) is 0 Å². The van der Waals surface area contributed by atoms with Crippen molar-refractivity contribution in [2.45, 2.75) is 19.8 Å². The Hall–Kier alpha value is -2.35. The molecule has 1 fully saturated rings. The van der Waals surface area contributed by atoms with Gasteiger partial charge in [0, 0.05) is 25.9 Å². The molecule has 1 aromatic carbocycles. The maximum Gasteiger partial charge on any atom is 0.260 e. The summed E-state index contributed by atoms with van der Waals surface area (Å²) in [6.07, 6.45) is 0.851. The third-order valence-corrected chi connectivity index (χ3v) is 3.34. The van der Waals surface area contributed by atoms with Crippen molar-refractivity contribution in [3.05, 3.63) is 29.3 Å². The second kappa shape index (κ2) is 6.20. The zero-order chi connectivity index (χ0) is 14.5. The fraction of sp³-hybridized carbons (Fsp3) is 0.400. The summed E-state index contributed by atoms with van der Waals surface area (Å²) < 4.78 is 5.49. The highest BCUT2D eigenvalue weighted by Gasteiger charge is 2.21. The Morgan fingerprint density at radius 2 is 2.10 bits per heavy atom. The number of rotatable bonds is 3. The molecule has 2 rings (SSSR count). The lowest BCUT2D eigenvalue weighted by atomic mass is 10.1. The number of nitrogens with zero attached hydrogens (tertiary/aromatic N) is 2. The van der Waals surface area contributed by atoms with Gasteiger partial charge in [-0.15, -0.1) is 0 Å². The first-order valence-corrected chi connectivity index (χ1v) is 6.53. The maximum absolute atomic E-state index is 12.0. The summed E-state index contributed by atoms with van der Waals surface area (Å²) >= 11 is 0. The van der Waals surface area contributed by atoms with Crippen LogP contribution >= 0.6 is 0 Å². The molecule has 1 saturated heterocycles. The molecular formula is C15H16N2O3. The molecule has 1 aliphatic rings. The van der Waals surface area contributed by atoms with Crippen LogP contribution in [-0.4, -0.2) is 36.3 Å². The monoisotopic (exact) mass is 272 g/mol. The minimum absolute atomic E-state index is 0.0656. The number of likely N-dealkylation sites (tertiary alicyclic amines) is 1. The molecule has 1 aliphatic heterocycles. The highest BCUT2D eigenvalue weighted by atomic mass is 16.5. The molecule has 0 radical (unpaired) electrons. The quantitative estimate of drug-likeness (QED) is 0.834. The lowest BCUT2D eigenvalue weighted by Crippen LogP contribution is -2.41. The Labute approximate surface area is 117 Å². The van der Waals surface area contributed by atoms with E-state index in [1.807, 2.05) is 13.0 Å². The highest BCUT2D eigenvalue weighted by molar-refractivity contribution is 5.84. The van der Waals surface area contributed by atoms with E-state index in [1.165, 1.54) is 0 Å². The number of benzene rings is 1. The predicted octanol–water partition coefficient (Wildman–Crippen LogP) is 1.44. The van der Waals surface area contributed by atoms with Crippen LogP contribution in [0.4, 0.5) is 0 Å². The Morgan fingerprint density at radius 1 is 1.40 bits per heavy atom. The number of nitriles is 1. The fourth-order valence-electron chi connectivity index (χ4n) is 2.06. The number of aryl methyl sites for hydroxylation is 1. The summed E-state index contributed by atoms with van der Waals surface area (Å²) in [5.74, 6) is 0.622. The summed E-state index contributed by atoms with van der Waals surface area (Å²) in [7, 11) is 0. The minimum atomic E-state index is -0.126. The van der Waals surface area contributed by atoms with E-state index in [-0.39, 0.29) is 18.3 Å². The molecule has 0 saturated carbocycles. The van der Waals surface area contributed by atoms with Gasteiger partial charge in [0.2, 0.25) is 0 Å². The number of carbonyl (C=O) groups is 2. The van der Waals surface area contributed by atoms with Gasteiger partial charge < -0.3 is 9.64 Å². The molecule has 1 amide bonds. The van der Waals surface area contributed by atoms with Crippen molar-refractivity contribution in [2.24, 2.45) is 0 Å². The standard InChI is InChI=1S/C15H16N2O3/c1-11-2-3-12(9-16)8-14(11)20-10-15(19)17-6-4-13(18)5-7-17/h2-3,8H,4-7,10H2,1H3. The van der Waals surface area contributed by atoms with Gasteiger partial charge in [0.05, 0.1) is 11.6 Å². The number of ketones is 1. The number of hydrogen-bond acceptors (Lipinski definition) is 4. The van der Waals surface area contributed by atoms with Crippen molar-refractivity contribution in [2.75, 3.05) is 19.7 Å². The van der Waals surface area contributed by atoms with Crippen molar-refractivity contribution >= 4 is 11.7 Å². The van der Waals surface area contributed by atoms with Gasteiger partial charge in [0.15, 0.2) is 6.61 Å². The van der Waals surface area contributed by atoms with Crippen LogP contribution in [0.15, 0.2) is 18.2 Å². The fourth-order valence-corrected chi connectivity index (χ4v) is 2.06. The van der Waals surface area contributed by atoms with E-state index in [4.69, 9.17) is 10.00 Å². The van der Waals surface area contributed by atoms with E-state index in [1.54, 1.807) is 23.1 Å². The molecule has 0 unspecified atom stereocenters. The first-order valence-electron chi connectivity index (χ1n) is 6.53. The van der Waals surface area contributed by atoms with E-state index in [0.717, 1.165) is 5.56 Å². The topological polar surface area (TPSA) is 70.4 Å². The molecule has 0 bridgehead atoms. The van der Waals surface area contributed by atoms with Gasteiger partial charge in [-0.1, -0.05) is 6.07 Å². The number of hydrogen-bond donors (Lipinski definition) is 0. The van der Waals surface area contributed by atoms with E-state index in [0.29, 0.717) is 37.2 Å². The second-order valence-electron chi connectivity index (χ2n) is 4.80. The molecule has 20 heavy (non-hydrogen) atoms. The Bertz CT molecular complexity index is 565. The van der Waals surface area contributed by atoms with Crippen molar-refractivity contribution < 1.29 is 14.3 Å². The Morgan fingerprint density at radius 3 is 2.75 bits per heavy atom. The van der Waals surface area contributed by atoms with Crippen LogP contribution in [0.2, 0.25) is 0 Å². The number of Topliss-reactive ketones (excluding diaryl/α,β-unsaturated/α-hetero) is 1. The molecule has 104 valence electrons. The van der Waals surface area contributed by atoms with E-state index >= 15 is 0 Å². The molecule has 5 heteroatoms. The van der Waals surface area contributed by atoms with Crippen LogP contribution in [0.5, 0.6) is 5.75 Å². The summed E-state index contributed by atoms with van der Waals surface area (Å²) in [5.41, 5.74) is 1.38. The normalized spacial score (nSPS) is 14.8. The third-order valence-electron chi connectivity index (χ3n) is 3.34. The molecular weight excluding hydrogens is 256 g/mol. The van der Waals surface area contributed by atoms with Crippen LogP contribution in [0, 0.1) is 18.3 Å². The average molecular weight is 272 g/mol. The van der Waals surface area contributed by atoms with Crippen LogP contribution in [-0.2, 0) is 9.59 Å². The second-order valence-corrected chi connectivity index (χ2v) is 4.80. The molecule has 1 aromatic rings. The van der Waals surface area contributed by atoms with Gasteiger partial charge in [0.1, 0.15) is 11.5 Å². The predicted molar refractivity (Wildman–Crippen MR) is 72.2 cm³/mol. The van der Waals surface area contributed by atoms with E-state index < -0.39 is 0 Å². The van der Waals surface area contributed by atoms with Gasteiger partial charge in [-0.3, -0.25) is 9.59 Å². The summed E-state index contributed by atoms with van der Waals surface area (Å²) in [5, 5.41) is 8.85. The average Bonchev–Trinajstić information content (AvgIpc) is 2.47. The van der Waals surface area contributed by atoms with Gasteiger partial charge in [-0.2, -0.15) is 5.26 Å². The summed E-state index contributed by atoms with van der Waals surface area (Å²) in [6, 6.07) is 7.16. The SMILES string of the molecule is Cc1ccc(C#N)cc1OCC(=O)N1CCC(=O)CC1. The first kappa shape index (κ1) is 14.1. The molecule has 0 N–H and O–H groups in total. The smallest absolute Gasteiger partial charge is 0.260 e. The van der Waals surface area contributed by atoms with Gasteiger partial charge in [0.25, 0.3) is 5.91 Å². The van der Waals surface area contributed by atoms with Crippen molar-refractivity contribution in [3.8, 4) is 11.8 Å². The van der Waals surface area contributed by atoms with Crippen LogP contribution in [0.1, 0.15) is 24.0 Å². The molecule has 0 spiro atoms. The lowest BCUT2D eigenvalue weighted by Gasteiger charge is -2.26.